The van der Waals surface area contributed by atoms with E-state index in [1.54, 1.807) is 12.1 Å². The lowest BCUT2D eigenvalue weighted by Gasteiger charge is -2.24. The summed E-state index contributed by atoms with van der Waals surface area (Å²) in [6, 6.07) is 6.91. The van der Waals surface area contributed by atoms with Crippen molar-refractivity contribution in [3.63, 3.8) is 0 Å². The summed E-state index contributed by atoms with van der Waals surface area (Å²) in [7, 11) is 0. The molecule has 3 heterocycles. The predicted octanol–water partition coefficient (Wildman–Crippen LogP) is 2.53. The van der Waals surface area contributed by atoms with E-state index in [-0.39, 0.29) is 6.42 Å². The monoisotopic (exact) mass is 448 g/mol. The smallest absolute Gasteiger partial charge is 0.317 e. The summed E-state index contributed by atoms with van der Waals surface area (Å²) in [6.45, 7) is 2.15. The number of pyridine rings is 1. The highest BCUT2D eigenvalue weighted by Gasteiger charge is 2.26. The van der Waals surface area contributed by atoms with Crippen LogP contribution in [0, 0.1) is 0 Å². The summed E-state index contributed by atoms with van der Waals surface area (Å²) in [4.78, 5) is 44.1. The molecule has 2 aromatic rings. The Hall–Kier alpha value is -2.84. The number of amides is 2. The first-order valence-corrected chi connectivity index (χ1v) is 10.2. The Labute approximate surface area is 182 Å². The van der Waals surface area contributed by atoms with Gasteiger partial charge in [0.25, 0.3) is 0 Å². The first-order valence-electron chi connectivity index (χ1n) is 9.40. The molecule has 1 aromatic heterocycles. The zero-order chi connectivity index (χ0) is 21.3. The minimum absolute atomic E-state index is 0.103. The van der Waals surface area contributed by atoms with Gasteiger partial charge < -0.3 is 19.9 Å². The number of rotatable bonds is 2. The average molecular weight is 449 g/mol. The quantitative estimate of drug-likeness (QED) is 0.560. The van der Waals surface area contributed by atoms with Gasteiger partial charge in [-0.1, -0.05) is 23.2 Å². The van der Waals surface area contributed by atoms with Gasteiger partial charge in [-0.2, -0.15) is 0 Å². The van der Waals surface area contributed by atoms with Crippen molar-refractivity contribution in [2.45, 2.75) is 12.8 Å². The molecule has 0 saturated carbocycles. The molecule has 0 unspecified atom stereocenters. The first kappa shape index (κ1) is 20.4. The van der Waals surface area contributed by atoms with Crippen LogP contribution in [0.1, 0.15) is 12.1 Å². The number of nitrogens with one attached hydrogen (secondary N) is 1. The number of halogens is 2. The van der Waals surface area contributed by atoms with Crippen molar-refractivity contribution in [2.24, 2.45) is 0 Å². The van der Waals surface area contributed by atoms with Gasteiger partial charge >= 0.3 is 17.8 Å². The van der Waals surface area contributed by atoms with E-state index in [9.17, 15) is 14.4 Å². The molecule has 156 valence electrons. The Morgan fingerprint density at radius 2 is 1.90 bits per heavy atom. The molecular formula is C20H18Cl2N4O4. The van der Waals surface area contributed by atoms with Crippen LogP contribution in [0.3, 0.4) is 0 Å². The van der Waals surface area contributed by atoms with Gasteiger partial charge in [0.2, 0.25) is 0 Å². The summed E-state index contributed by atoms with van der Waals surface area (Å²) < 4.78 is 5.02. The molecule has 4 rings (SSSR count). The molecular weight excluding hydrogens is 431 g/mol. The number of anilines is 2. The van der Waals surface area contributed by atoms with Crippen LogP contribution in [0.5, 0.6) is 5.75 Å². The van der Waals surface area contributed by atoms with Gasteiger partial charge in [0, 0.05) is 37.9 Å². The van der Waals surface area contributed by atoms with Crippen molar-refractivity contribution < 1.29 is 19.1 Å². The second kappa shape index (κ2) is 8.49. The number of carbonyl (C=O) groups is 3. The van der Waals surface area contributed by atoms with E-state index in [1.807, 2.05) is 6.07 Å². The van der Waals surface area contributed by atoms with Crippen LogP contribution in [0.2, 0.25) is 10.0 Å². The van der Waals surface area contributed by atoms with E-state index in [0.717, 1.165) is 12.2 Å². The Morgan fingerprint density at radius 1 is 1.07 bits per heavy atom. The van der Waals surface area contributed by atoms with Crippen molar-refractivity contribution in [1.82, 2.24) is 9.88 Å². The van der Waals surface area contributed by atoms with E-state index in [0.29, 0.717) is 53.2 Å². The van der Waals surface area contributed by atoms with Crippen molar-refractivity contribution in [3.8, 4) is 5.75 Å². The lowest BCUT2D eigenvalue weighted by atomic mass is 10.2. The highest BCUT2D eigenvalue weighted by atomic mass is 35.5. The fraction of sp³-hybridized carbons (Fsp3) is 0.300. The highest BCUT2D eigenvalue weighted by molar-refractivity contribution is 6.42. The fourth-order valence-corrected chi connectivity index (χ4v) is 3.74. The van der Waals surface area contributed by atoms with E-state index in [1.165, 1.54) is 17.2 Å². The zero-order valence-corrected chi connectivity index (χ0v) is 17.4. The topological polar surface area (TPSA) is 91.8 Å². The van der Waals surface area contributed by atoms with Crippen LogP contribution in [-0.4, -0.2) is 53.8 Å². The number of esters is 1. The molecule has 30 heavy (non-hydrogen) atoms. The summed E-state index contributed by atoms with van der Waals surface area (Å²) in [6.07, 6.45) is 2.21. The lowest BCUT2D eigenvalue weighted by molar-refractivity contribution is -0.143. The molecule has 10 heteroatoms. The second-order valence-electron chi connectivity index (χ2n) is 7.01. The van der Waals surface area contributed by atoms with Gasteiger partial charge in [-0.05, 0) is 24.6 Å². The maximum absolute atomic E-state index is 12.6. The molecule has 0 radical (unpaired) electrons. The van der Waals surface area contributed by atoms with Crippen molar-refractivity contribution in [2.75, 3.05) is 36.4 Å². The van der Waals surface area contributed by atoms with Crippen LogP contribution < -0.4 is 15.0 Å². The van der Waals surface area contributed by atoms with Gasteiger partial charge in [-0.15, -0.1) is 0 Å². The summed E-state index contributed by atoms with van der Waals surface area (Å²) in [5.74, 6) is -1.47. The zero-order valence-electron chi connectivity index (χ0n) is 15.9. The Kier molecular flexibility index (Phi) is 5.78. The van der Waals surface area contributed by atoms with E-state index >= 15 is 0 Å². The van der Waals surface area contributed by atoms with Gasteiger partial charge in [0.05, 0.1) is 34.0 Å². The molecule has 0 aliphatic carbocycles. The summed E-state index contributed by atoms with van der Waals surface area (Å²) in [5, 5.41) is 3.49. The molecule has 1 saturated heterocycles. The molecule has 1 N–H and O–H groups in total. The van der Waals surface area contributed by atoms with Crippen LogP contribution >= 0.6 is 23.2 Å². The van der Waals surface area contributed by atoms with Gasteiger partial charge in [-0.25, -0.2) is 0 Å². The third-order valence-corrected chi connectivity index (χ3v) is 5.71. The third kappa shape index (κ3) is 4.34. The molecule has 1 aromatic carbocycles. The minimum atomic E-state index is -0.760. The van der Waals surface area contributed by atoms with Crippen LogP contribution in [0.4, 0.5) is 11.4 Å². The maximum Gasteiger partial charge on any atom is 0.317 e. The molecule has 2 aliphatic rings. The Morgan fingerprint density at radius 3 is 2.70 bits per heavy atom. The van der Waals surface area contributed by atoms with E-state index in [4.69, 9.17) is 27.9 Å². The Bertz CT molecular complexity index is 1030. The second-order valence-corrected chi connectivity index (χ2v) is 7.82. The number of nitrogens with zero attached hydrogens (tertiary/aromatic N) is 3. The summed E-state index contributed by atoms with van der Waals surface area (Å²) in [5.41, 5.74) is 1.73. The number of hydrogen-bond donors (Lipinski definition) is 1. The van der Waals surface area contributed by atoms with E-state index in [2.05, 4.69) is 15.2 Å². The standard InChI is InChI=1S/C20H18Cl2N4O4/c21-14-3-2-13(9-15(14)22)25-4-1-5-26(7-6-25)20(29)19(28)24-12-8-17-16(23-11-12)10-18(27)30-17/h2-3,8-9,11H,1,4-7,10H2,(H,24,28). The normalized spacial score (nSPS) is 16.0. The van der Waals surface area contributed by atoms with Crippen molar-refractivity contribution >= 4 is 52.4 Å². The number of hydrogen-bond acceptors (Lipinski definition) is 6. The molecule has 0 spiro atoms. The number of benzene rings is 1. The number of aromatic nitrogens is 1. The van der Waals surface area contributed by atoms with Crippen LogP contribution in [-0.2, 0) is 20.8 Å². The maximum atomic E-state index is 12.6. The number of carbonyl (C=O) groups excluding carboxylic acids is 3. The largest absolute Gasteiger partial charge is 0.424 e. The molecule has 0 atom stereocenters. The summed E-state index contributed by atoms with van der Waals surface area (Å²) >= 11 is 12.1. The first-order chi connectivity index (χ1) is 14.4. The van der Waals surface area contributed by atoms with Crippen molar-refractivity contribution in [3.05, 3.63) is 46.2 Å². The molecule has 2 amide bonds. The minimum Gasteiger partial charge on any atom is -0.424 e. The van der Waals surface area contributed by atoms with Gasteiger partial charge in [0.15, 0.2) is 5.75 Å². The predicted molar refractivity (Wildman–Crippen MR) is 112 cm³/mol. The van der Waals surface area contributed by atoms with Gasteiger partial charge in [-0.3, -0.25) is 19.4 Å². The fourth-order valence-electron chi connectivity index (χ4n) is 3.45. The lowest BCUT2D eigenvalue weighted by Crippen LogP contribution is -2.41. The molecule has 0 bridgehead atoms. The molecule has 2 aliphatic heterocycles. The number of ether oxygens (including phenoxy) is 1. The average Bonchev–Trinajstić information content (AvgIpc) is 2.93. The van der Waals surface area contributed by atoms with Crippen molar-refractivity contribution in [1.29, 1.82) is 0 Å². The third-order valence-electron chi connectivity index (χ3n) is 4.97. The van der Waals surface area contributed by atoms with Crippen LogP contribution in [0.25, 0.3) is 0 Å². The highest BCUT2D eigenvalue weighted by Crippen LogP contribution is 2.28. The molecule has 8 nitrogen and oxygen atoms in total. The number of fused-ring (bicyclic) bond motifs is 1. The van der Waals surface area contributed by atoms with E-state index < -0.39 is 17.8 Å². The van der Waals surface area contributed by atoms with Crippen LogP contribution in [0.15, 0.2) is 30.5 Å². The van der Waals surface area contributed by atoms with Gasteiger partial charge in [0.1, 0.15) is 0 Å². The SMILES string of the molecule is O=C1Cc2ncc(NC(=O)C(=O)N3CCCN(c4ccc(Cl)c(Cl)c4)CC3)cc2O1. The molecule has 1 fully saturated rings. The Balaban J connectivity index is 1.37.